The first-order valence-corrected chi connectivity index (χ1v) is 11.0. The molecule has 3 aromatic carbocycles. The molecule has 1 atom stereocenters. The van der Waals surface area contributed by atoms with Gasteiger partial charge < -0.3 is 10.4 Å². The maximum Gasteiger partial charge on any atom is 0.335 e. The summed E-state index contributed by atoms with van der Waals surface area (Å²) in [4.78, 5) is 28.8. The van der Waals surface area contributed by atoms with E-state index in [1.807, 2.05) is 48.5 Å². The molecular weight excluding hydrogens is 428 g/mol. The molecule has 170 valence electrons. The summed E-state index contributed by atoms with van der Waals surface area (Å²) in [6.07, 6.45) is -0.464. The van der Waals surface area contributed by atoms with E-state index in [9.17, 15) is 14.7 Å². The Morgan fingerprint density at radius 1 is 0.971 bits per heavy atom. The van der Waals surface area contributed by atoms with Crippen LogP contribution in [0.5, 0.6) is 0 Å². The van der Waals surface area contributed by atoms with Crippen LogP contribution in [0.2, 0.25) is 0 Å². The van der Waals surface area contributed by atoms with E-state index < -0.39 is 17.7 Å². The molecule has 7 nitrogen and oxygen atoms in total. The lowest BCUT2D eigenvalue weighted by Gasteiger charge is -2.30. The van der Waals surface area contributed by atoms with E-state index in [1.54, 1.807) is 28.9 Å². The van der Waals surface area contributed by atoms with E-state index >= 15 is 0 Å². The summed E-state index contributed by atoms with van der Waals surface area (Å²) < 4.78 is 1.70. The van der Waals surface area contributed by atoms with Crippen LogP contribution in [0.15, 0.2) is 77.6 Å². The van der Waals surface area contributed by atoms with Gasteiger partial charge in [-0.25, -0.2) is 9.48 Å². The van der Waals surface area contributed by atoms with Crippen molar-refractivity contribution < 1.29 is 9.90 Å². The summed E-state index contributed by atoms with van der Waals surface area (Å²) in [6.45, 7) is 6.41. The molecule has 34 heavy (non-hydrogen) atoms. The zero-order chi connectivity index (χ0) is 24.0. The lowest BCUT2D eigenvalue weighted by atomic mass is 9.86. The van der Waals surface area contributed by atoms with Gasteiger partial charge in [-0.2, -0.15) is 10.1 Å². The number of aromatic nitrogens is 3. The summed E-state index contributed by atoms with van der Waals surface area (Å²) >= 11 is 0. The number of hydrogen-bond acceptors (Lipinski definition) is 5. The van der Waals surface area contributed by atoms with Gasteiger partial charge in [-0.05, 0) is 40.8 Å². The van der Waals surface area contributed by atoms with Gasteiger partial charge >= 0.3 is 5.97 Å². The number of fused-ring (bicyclic) bond motifs is 3. The highest BCUT2D eigenvalue weighted by atomic mass is 16.4. The molecule has 1 aliphatic heterocycles. The van der Waals surface area contributed by atoms with E-state index in [0.717, 1.165) is 22.4 Å². The Balaban J connectivity index is 1.66. The number of carbonyl (C=O) groups is 1. The quantitative estimate of drug-likeness (QED) is 0.457. The summed E-state index contributed by atoms with van der Waals surface area (Å²) in [5, 5.41) is 17.5. The van der Waals surface area contributed by atoms with E-state index in [2.05, 4.69) is 31.1 Å². The standard InChI is InChI=1S/C27H24N4O3/c1-27(2,3)19-14-12-16(13-15-19)22-25(32)29-24-20-6-4-5-7-21(20)28-23(31(24)30-22)17-8-10-18(11-9-17)26(33)34/h4-15,23,28H,1-3H3,(H,33,34). The van der Waals surface area contributed by atoms with Crippen molar-refractivity contribution in [2.24, 2.45) is 0 Å². The second kappa shape index (κ2) is 7.95. The van der Waals surface area contributed by atoms with Crippen LogP contribution < -0.4 is 10.9 Å². The average molecular weight is 453 g/mol. The minimum atomic E-state index is -0.988. The molecular formula is C27H24N4O3. The van der Waals surface area contributed by atoms with Gasteiger partial charge in [-0.1, -0.05) is 69.3 Å². The third-order valence-electron chi connectivity index (χ3n) is 6.04. The van der Waals surface area contributed by atoms with Crippen molar-refractivity contribution in [1.29, 1.82) is 0 Å². The smallest absolute Gasteiger partial charge is 0.335 e. The number of carboxylic acid groups (broad SMARTS) is 1. The number of nitrogens with one attached hydrogen (secondary N) is 1. The monoisotopic (exact) mass is 452 g/mol. The number of hydrogen-bond donors (Lipinski definition) is 2. The molecule has 4 aromatic rings. The van der Waals surface area contributed by atoms with Crippen LogP contribution in [0, 0.1) is 0 Å². The predicted octanol–water partition coefficient (Wildman–Crippen LogP) is 4.94. The minimum absolute atomic E-state index is 0.00402. The van der Waals surface area contributed by atoms with Crippen LogP contribution >= 0.6 is 0 Å². The highest BCUT2D eigenvalue weighted by Crippen LogP contribution is 2.36. The molecule has 2 heterocycles. The van der Waals surface area contributed by atoms with Crippen molar-refractivity contribution in [3.8, 4) is 22.6 Å². The third-order valence-corrected chi connectivity index (χ3v) is 6.04. The van der Waals surface area contributed by atoms with Crippen molar-refractivity contribution >= 4 is 11.7 Å². The van der Waals surface area contributed by atoms with Crippen LogP contribution in [-0.4, -0.2) is 25.8 Å². The summed E-state index contributed by atoms with van der Waals surface area (Å²) in [5.41, 5.74) is 4.32. The van der Waals surface area contributed by atoms with Crippen LogP contribution in [0.25, 0.3) is 22.6 Å². The number of aromatic carboxylic acids is 1. The number of anilines is 1. The Morgan fingerprint density at radius 2 is 1.65 bits per heavy atom. The number of benzene rings is 3. The molecule has 5 rings (SSSR count). The summed E-state index contributed by atoms with van der Waals surface area (Å²) in [6, 6.07) is 22.0. The molecule has 0 saturated carbocycles. The molecule has 7 heteroatoms. The van der Waals surface area contributed by atoms with Gasteiger partial charge in [0.1, 0.15) is 6.17 Å². The van der Waals surface area contributed by atoms with Gasteiger partial charge in [0, 0.05) is 16.8 Å². The highest BCUT2D eigenvalue weighted by Gasteiger charge is 2.28. The Kier molecular flexibility index (Phi) is 5.05. The molecule has 0 aliphatic carbocycles. The van der Waals surface area contributed by atoms with Gasteiger partial charge in [0.05, 0.1) is 5.56 Å². The van der Waals surface area contributed by atoms with Gasteiger partial charge in [-0.3, -0.25) is 4.79 Å². The number of carboxylic acids is 1. The van der Waals surface area contributed by atoms with E-state index in [4.69, 9.17) is 5.10 Å². The molecule has 0 spiro atoms. The second-order valence-corrected chi connectivity index (χ2v) is 9.38. The normalized spacial score (nSPS) is 14.6. The molecule has 0 radical (unpaired) electrons. The second-order valence-electron chi connectivity index (χ2n) is 9.38. The fraction of sp³-hybridized carbons (Fsp3) is 0.185. The molecule has 2 N–H and O–H groups in total. The predicted molar refractivity (Wildman–Crippen MR) is 131 cm³/mol. The first-order valence-electron chi connectivity index (χ1n) is 11.0. The Bertz CT molecular complexity index is 1450. The first kappa shape index (κ1) is 21.6. The van der Waals surface area contributed by atoms with Gasteiger partial charge in [0.2, 0.25) is 0 Å². The Morgan fingerprint density at radius 3 is 2.29 bits per heavy atom. The van der Waals surface area contributed by atoms with Crippen molar-refractivity contribution in [2.45, 2.75) is 32.4 Å². The van der Waals surface area contributed by atoms with E-state index in [0.29, 0.717) is 11.4 Å². The zero-order valence-corrected chi connectivity index (χ0v) is 19.1. The zero-order valence-electron chi connectivity index (χ0n) is 19.1. The Hall–Kier alpha value is -4.26. The molecule has 0 bridgehead atoms. The van der Waals surface area contributed by atoms with Crippen molar-refractivity contribution in [1.82, 2.24) is 14.8 Å². The number of para-hydroxylation sites is 1. The molecule has 0 amide bonds. The van der Waals surface area contributed by atoms with Gasteiger partial charge in [0.25, 0.3) is 5.56 Å². The number of rotatable bonds is 3. The fourth-order valence-corrected chi connectivity index (χ4v) is 4.12. The van der Waals surface area contributed by atoms with Crippen LogP contribution in [-0.2, 0) is 5.41 Å². The first-order chi connectivity index (χ1) is 16.2. The maximum atomic E-state index is 13.1. The van der Waals surface area contributed by atoms with E-state index in [1.165, 1.54) is 0 Å². The lowest BCUT2D eigenvalue weighted by Crippen LogP contribution is -2.32. The molecule has 0 fully saturated rings. The Labute approximate surface area is 196 Å². The lowest BCUT2D eigenvalue weighted by molar-refractivity contribution is 0.0697. The van der Waals surface area contributed by atoms with Crippen molar-refractivity contribution in [3.05, 3.63) is 99.8 Å². The van der Waals surface area contributed by atoms with E-state index in [-0.39, 0.29) is 16.7 Å². The van der Waals surface area contributed by atoms with Gasteiger partial charge in [0.15, 0.2) is 11.5 Å². The van der Waals surface area contributed by atoms with Gasteiger partial charge in [-0.15, -0.1) is 0 Å². The summed E-state index contributed by atoms with van der Waals surface area (Å²) in [5.74, 6) is -0.528. The van der Waals surface area contributed by atoms with Crippen LogP contribution in [0.3, 0.4) is 0 Å². The van der Waals surface area contributed by atoms with Crippen LogP contribution in [0.4, 0.5) is 5.69 Å². The fourth-order valence-electron chi connectivity index (χ4n) is 4.12. The molecule has 1 aromatic heterocycles. The third kappa shape index (κ3) is 3.75. The van der Waals surface area contributed by atoms with Crippen molar-refractivity contribution in [2.75, 3.05) is 5.32 Å². The van der Waals surface area contributed by atoms with Crippen molar-refractivity contribution in [3.63, 3.8) is 0 Å². The molecule has 1 unspecified atom stereocenters. The largest absolute Gasteiger partial charge is 0.478 e. The topological polar surface area (TPSA) is 97.1 Å². The minimum Gasteiger partial charge on any atom is -0.478 e. The highest BCUT2D eigenvalue weighted by molar-refractivity contribution is 5.87. The summed E-state index contributed by atoms with van der Waals surface area (Å²) in [7, 11) is 0. The average Bonchev–Trinajstić information content (AvgIpc) is 2.83. The van der Waals surface area contributed by atoms with Crippen LogP contribution in [0.1, 0.15) is 48.4 Å². The number of nitrogens with zero attached hydrogens (tertiary/aromatic N) is 3. The SMILES string of the molecule is CC(C)(C)c1ccc(-c2nn3c(nc2=O)-c2ccccc2NC3c2ccc(C(=O)O)cc2)cc1. The molecule has 0 saturated heterocycles. The maximum absolute atomic E-state index is 13.1. The molecule has 1 aliphatic rings.